The van der Waals surface area contributed by atoms with Crippen LogP contribution in [0, 0.1) is 5.82 Å². The van der Waals surface area contributed by atoms with Crippen LogP contribution in [-0.4, -0.2) is 17.2 Å². The Bertz CT molecular complexity index is 962. The number of nitrogens with zero attached hydrogens (tertiary/aromatic N) is 1. The molecule has 3 aromatic rings. The molecule has 132 valence electrons. The standard InChI is InChI=1S/C21H18FNO2S/c1-26-21-15(6-4-8-18(21)22)11-14-5-2-3-7-16(14)19(24)17-12-23-25-20(17)13-9-10-13/h2-8,12-13H,9-11H2,1H3. The Balaban J connectivity index is 1.70. The van der Waals surface area contributed by atoms with Crippen LogP contribution >= 0.6 is 11.8 Å². The molecule has 1 fully saturated rings. The predicted molar refractivity (Wildman–Crippen MR) is 99.3 cm³/mol. The molecule has 1 aliphatic carbocycles. The van der Waals surface area contributed by atoms with Crippen LogP contribution in [0.1, 0.15) is 51.6 Å². The topological polar surface area (TPSA) is 43.1 Å². The van der Waals surface area contributed by atoms with Gasteiger partial charge in [0.2, 0.25) is 0 Å². The summed E-state index contributed by atoms with van der Waals surface area (Å²) in [6.07, 6.45) is 5.95. The van der Waals surface area contributed by atoms with Crippen molar-refractivity contribution in [2.75, 3.05) is 6.26 Å². The molecule has 0 radical (unpaired) electrons. The Kier molecular flexibility index (Phi) is 4.64. The fourth-order valence-electron chi connectivity index (χ4n) is 3.23. The first-order valence-corrected chi connectivity index (χ1v) is 9.80. The number of rotatable bonds is 6. The Morgan fingerprint density at radius 3 is 2.69 bits per heavy atom. The molecule has 1 saturated carbocycles. The number of ketones is 1. The molecule has 0 saturated heterocycles. The number of thioether (sulfide) groups is 1. The van der Waals surface area contributed by atoms with Gasteiger partial charge in [0.15, 0.2) is 11.5 Å². The largest absolute Gasteiger partial charge is 0.360 e. The zero-order valence-electron chi connectivity index (χ0n) is 14.4. The van der Waals surface area contributed by atoms with E-state index in [1.54, 1.807) is 6.07 Å². The number of hydrogen-bond acceptors (Lipinski definition) is 4. The van der Waals surface area contributed by atoms with Gasteiger partial charge < -0.3 is 4.52 Å². The van der Waals surface area contributed by atoms with Crippen LogP contribution < -0.4 is 0 Å². The van der Waals surface area contributed by atoms with E-state index in [0.29, 0.717) is 34.1 Å². The van der Waals surface area contributed by atoms with Gasteiger partial charge >= 0.3 is 0 Å². The minimum Gasteiger partial charge on any atom is -0.360 e. The third kappa shape index (κ3) is 3.19. The maximum Gasteiger partial charge on any atom is 0.198 e. The summed E-state index contributed by atoms with van der Waals surface area (Å²) in [5, 5.41) is 3.83. The molecule has 5 heteroatoms. The molecule has 0 atom stereocenters. The predicted octanol–water partition coefficient (Wildman–Crippen LogP) is 5.23. The van der Waals surface area contributed by atoms with Gasteiger partial charge in [0.25, 0.3) is 0 Å². The van der Waals surface area contributed by atoms with Gasteiger partial charge in [0, 0.05) is 16.4 Å². The lowest BCUT2D eigenvalue weighted by molar-refractivity contribution is 0.103. The van der Waals surface area contributed by atoms with Crippen molar-refractivity contribution < 1.29 is 13.7 Å². The highest BCUT2D eigenvalue weighted by Crippen LogP contribution is 2.42. The fraction of sp³-hybridized carbons (Fsp3) is 0.238. The summed E-state index contributed by atoms with van der Waals surface area (Å²) in [6, 6.07) is 12.6. The van der Waals surface area contributed by atoms with Crippen LogP contribution in [0.5, 0.6) is 0 Å². The maximum absolute atomic E-state index is 14.1. The second kappa shape index (κ2) is 7.08. The first-order valence-electron chi connectivity index (χ1n) is 8.57. The van der Waals surface area contributed by atoms with Gasteiger partial charge in [-0.3, -0.25) is 4.79 Å². The second-order valence-electron chi connectivity index (χ2n) is 6.47. The molecule has 0 aliphatic heterocycles. The summed E-state index contributed by atoms with van der Waals surface area (Å²) in [4.78, 5) is 13.7. The van der Waals surface area contributed by atoms with Crippen molar-refractivity contribution in [3.8, 4) is 0 Å². The molecule has 26 heavy (non-hydrogen) atoms. The highest BCUT2D eigenvalue weighted by Gasteiger charge is 2.33. The summed E-state index contributed by atoms with van der Waals surface area (Å²) in [7, 11) is 0. The SMILES string of the molecule is CSc1c(F)cccc1Cc1ccccc1C(=O)c1cnoc1C1CC1. The second-order valence-corrected chi connectivity index (χ2v) is 7.29. The molecule has 1 aliphatic rings. The van der Waals surface area contributed by atoms with Crippen molar-refractivity contribution in [1.82, 2.24) is 5.16 Å². The molecule has 0 bridgehead atoms. The number of benzene rings is 2. The van der Waals surface area contributed by atoms with Crippen molar-refractivity contribution in [1.29, 1.82) is 0 Å². The minimum absolute atomic E-state index is 0.0779. The zero-order chi connectivity index (χ0) is 18.1. The third-order valence-corrected chi connectivity index (χ3v) is 5.55. The molecular weight excluding hydrogens is 349 g/mol. The quantitative estimate of drug-likeness (QED) is 0.442. The number of aromatic nitrogens is 1. The van der Waals surface area contributed by atoms with E-state index in [1.165, 1.54) is 24.0 Å². The van der Waals surface area contributed by atoms with E-state index in [1.807, 2.05) is 36.6 Å². The van der Waals surface area contributed by atoms with Crippen LogP contribution in [0.4, 0.5) is 4.39 Å². The molecule has 0 unspecified atom stereocenters. The van der Waals surface area contributed by atoms with Crippen molar-refractivity contribution in [2.45, 2.75) is 30.1 Å². The molecule has 3 nitrogen and oxygen atoms in total. The Hall–Kier alpha value is -2.40. The van der Waals surface area contributed by atoms with Gasteiger partial charge in [-0.05, 0) is 42.7 Å². The smallest absolute Gasteiger partial charge is 0.198 e. The van der Waals surface area contributed by atoms with Crippen LogP contribution in [0.15, 0.2) is 58.1 Å². The fourth-order valence-corrected chi connectivity index (χ4v) is 3.89. The monoisotopic (exact) mass is 367 g/mol. The van der Waals surface area contributed by atoms with Crippen LogP contribution in [0.3, 0.4) is 0 Å². The maximum atomic E-state index is 14.1. The molecule has 1 aromatic heterocycles. The summed E-state index contributed by atoms with van der Waals surface area (Å²) in [5.74, 6) is 0.704. The van der Waals surface area contributed by atoms with Gasteiger partial charge in [0.1, 0.15) is 5.82 Å². The molecule has 1 heterocycles. The Morgan fingerprint density at radius 1 is 1.15 bits per heavy atom. The number of carbonyl (C=O) groups is 1. The van der Waals surface area contributed by atoms with Crippen molar-refractivity contribution >= 4 is 17.5 Å². The van der Waals surface area contributed by atoms with Crippen LogP contribution in [-0.2, 0) is 6.42 Å². The summed E-state index contributed by atoms with van der Waals surface area (Å²) in [6.45, 7) is 0. The normalized spacial score (nSPS) is 13.8. The highest BCUT2D eigenvalue weighted by molar-refractivity contribution is 7.98. The first kappa shape index (κ1) is 17.0. The minimum atomic E-state index is -0.228. The van der Waals surface area contributed by atoms with Crippen molar-refractivity contribution in [3.05, 3.63) is 82.5 Å². The van der Waals surface area contributed by atoms with Crippen LogP contribution in [0.2, 0.25) is 0 Å². The molecule has 0 spiro atoms. The number of halogens is 1. The lowest BCUT2D eigenvalue weighted by Gasteiger charge is -2.12. The van der Waals surface area contributed by atoms with Gasteiger partial charge in [-0.25, -0.2) is 4.39 Å². The lowest BCUT2D eigenvalue weighted by Crippen LogP contribution is -2.07. The van der Waals surface area contributed by atoms with E-state index < -0.39 is 0 Å². The first-order chi connectivity index (χ1) is 12.7. The van der Waals surface area contributed by atoms with Gasteiger partial charge in [-0.1, -0.05) is 41.6 Å². The highest BCUT2D eigenvalue weighted by atomic mass is 32.2. The van der Waals surface area contributed by atoms with Gasteiger partial charge in [-0.15, -0.1) is 11.8 Å². The summed E-state index contributed by atoms with van der Waals surface area (Å²) in [5.41, 5.74) is 2.92. The molecule has 2 aromatic carbocycles. The van der Waals surface area contributed by atoms with Crippen LogP contribution in [0.25, 0.3) is 0 Å². The number of hydrogen-bond donors (Lipinski definition) is 0. The summed E-state index contributed by atoms with van der Waals surface area (Å²) >= 11 is 1.38. The molecule has 4 rings (SSSR count). The van der Waals surface area contributed by atoms with E-state index in [-0.39, 0.29) is 11.6 Å². The van der Waals surface area contributed by atoms with Crippen molar-refractivity contribution in [3.63, 3.8) is 0 Å². The van der Waals surface area contributed by atoms with E-state index in [9.17, 15) is 9.18 Å². The average molecular weight is 367 g/mol. The average Bonchev–Trinajstić information content (AvgIpc) is 3.38. The van der Waals surface area contributed by atoms with Gasteiger partial charge in [-0.2, -0.15) is 0 Å². The third-order valence-electron chi connectivity index (χ3n) is 4.69. The van der Waals surface area contributed by atoms with E-state index in [2.05, 4.69) is 5.16 Å². The Labute approximate surface area is 155 Å². The molecule has 0 amide bonds. The molecular formula is C21H18FNO2S. The summed E-state index contributed by atoms with van der Waals surface area (Å²) < 4.78 is 19.4. The van der Waals surface area contributed by atoms with Crippen molar-refractivity contribution in [2.24, 2.45) is 0 Å². The van der Waals surface area contributed by atoms with E-state index >= 15 is 0 Å². The van der Waals surface area contributed by atoms with Gasteiger partial charge in [0.05, 0.1) is 11.8 Å². The van der Waals surface area contributed by atoms with E-state index in [4.69, 9.17) is 4.52 Å². The number of carbonyl (C=O) groups excluding carboxylic acids is 1. The zero-order valence-corrected chi connectivity index (χ0v) is 15.2. The lowest BCUT2D eigenvalue weighted by atomic mass is 9.94. The molecule has 0 N–H and O–H groups in total. The van der Waals surface area contributed by atoms with E-state index in [0.717, 1.165) is 24.0 Å². The Morgan fingerprint density at radius 2 is 1.92 bits per heavy atom.